The second-order valence-electron chi connectivity index (χ2n) is 6.06. The van der Waals surface area contributed by atoms with Gasteiger partial charge in [-0.05, 0) is 19.9 Å². The number of thiophene rings is 1. The SMILES string of the molecule is Cc1cc2c(=O)n3c(nc2s1)CCN(Cc1nc[nH]c1C)CC3.Cl. The van der Waals surface area contributed by atoms with E-state index in [2.05, 4.69) is 14.9 Å². The van der Waals surface area contributed by atoms with E-state index in [0.717, 1.165) is 58.4 Å². The fourth-order valence-electron chi connectivity index (χ4n) is 3.13. The summed E-state index contributed by atoms with van der Waals surface area (Å²) in [6.45, 7) is 7.30. The van der Waals surface area contributed by atoms with Gasteiger partial charge in [-0.1, -0.05) is 0 Å². The minimum atomic E-state index is 0. The molecular weight excluding hydrogens is 346 g/mol. The molecule has 3 aromatic heterocycles. The Labute approximate surface area is 150 Å². The van der Waals surface area contributed by atoms with E-state index in [0.29, 0.717) is 6.54 Å². The van der Waals surface area contributed by atoms with E-state index < -0.39 is 0 Å². The van der Waals surface area contributed by atoms with Gasteiger partial charge in [0.25, 0.3) is 5.56 Å². The van der Waals surface area contributed by atoms with E-state index >= 15 is 0 Å². The highest BCUT2D eigenvalue weighted by Crippen LogP contribution is 2.21. The number of H-pyrrole nitrogens is 1. The van der Waals surface area contributed by atoms with E-state index in [1.165, 1.54) is 0 Å². The fourth-order valence-corrected chi connectivity index (χ4v) is 4.02. The van der Waals surface area contributed by atoms with Gasteiger partial charge in [0.05, 0.1) is 17.4 Å². The summed E-state index contributed by atoms with van der Waals surface area (Å²) >= 11 is 1.60. The normalized spacial score (nSPS) is 15.1. The molecule has 0 aliphatic carbocycles. The second-order valence-corrected chi connectivity index (χ2v) is 7.30. The maximum atomic E-state index is 12.7. The van der Waals surface area contributed by atoms with Crippen LogP contribution in [0.1, 0.15) is 22.1 Å². The molecule has 0 bridgehead atoms. The molecule has 0 unspecified atom stereocenters. The number of fused-ring (bicyclic) bond motifs is 2. The smallest absolute Gasteiger partial charge is 0.262 e. The number of halogens is 1. The van der Waals surface area contributed by atoms with Gasteiger partial charge in [-0.25, -0.2) is 9.97 Å². The van der Waals surface area contributed by atoms with Crippen LogP contribution < -0.4 is 5.56 Å². The molecular formula is C16H20ClN5OS. The van der Waals surface area contributed by atoms with Gasteiger partial charge in [-0.15, -0.1) is 23.7 Å². The van der Waals surface area contributed by atoms with Gasteiger partial charge in [-0.3, -0.25) is 14.3 Å². The first-order valence-electron chi connectivity index (χ1n) is 7.83. The quantitative estimate of drug-likeness (QED) is 0.756. The zero-order chi connectivity index (χ0) is 16.0. The van der Waals surface area contributed by atoms with E-state index in [4.69, 9.17) is 4.98 Å². The van der Waals surface area contributed by atoms with Crippen molar-refractivity contribution < 1.29 is 0 Å². The topological polar surface area (TPSA) is 66.8 Å². The summed E-state index contributed by atoms with van der Waals surface area (Å²) in [6.07, 6.45) is 2.53. The Morgan fingerprint density at radius 2 is 2.12 bits per heavy atom. The van der Waals surface area contributed by atoms with Crippen molar-refractivity contribution in [2.24, 2.45) is 0 Å². The number of hydrogen-bond donors (Lipinski definition) is 1. The molecule has 0 atom stereocenters. The summed E-state index contributed by atoms with van der Waals surface area (Å²) in [5.74, 6) is 0.908. The van der Waals surface area contributed by atoms with Crippen molar-refractivity contribution in [1.29, 1.82) is 0 Å². The molecule has 0 radical (unpaired) electrons. The Hall–Kier alpha value is -1.70. The van der Waals surface area contributed by atoms with Gasteiger partial charge in [-0.2, -0.15) is 0 Å². The maximum absolute atomic E-state index is 12.7. The lowest BCUT2D eigenvalue weighted by atomic mass is 10.3. The first-order valence-corrected chi connectivity index (χ1v) is 8.64. The van der Waals surface area contributed by atoms with Crippen molar-refractivity contribution in [1.82, 2.24) is 24.4 Å². The average molecular weight is 366 g/mol. The Morgan fingerprint density at radius 3 is 2.88 bits per heavy atom. The summed E-state index contributed by atoms with van der Waals surface area (Å²) in [5.41, 5.74) is 2.29. The number of imidazole rings is 1. The Balaban J connectivity index is 0.00000169. The van der Waals surface area contributed by atoms with Crippen LogP contribution in [-0.2, 0) is 19.5 Å². The fraction of sp³-hybridized carbons (Fsp3) is 0.438. The summed E-state index contributed by atoms with van der Waals surface area (Å²) in [5, 5.41) is 0.757. The minimum absolute atomic E-state index is 0. The molecule has 8 heteroatoms. The standard InChI is InChI=1S/C16H19N5OS.ClH/c1-10-7-12-15(23-10)19-14-3-4-20(5-6-21(14)16(12)22)8-13-11(2)17-9-18-13;/h7,9H,3-6,8H2,1-2H3,(H,17,18);1H. The van der Waals surface area contributed by atoms with Gasteiger partial charge in [0.1, 0.15) is 10.7 Å². The number of aromatic amines is 1. The van der Waals surface area contributed by atoms with Crippen molar-refractivity contribution in [3.8, 4) is 0 Å². The van der Waals surface area contributed by atoms with Gasteiger partial charge in [0.15, 0.2) is 0 Å². The largest absolute Gasteiger partial charge is 0.348 e. The van der Waals surface area contributed by atoms with Crippen LogP contribution in [0.15, 0.2) is 17.2 Å². The number of hydrogen-bond acceptors (Lipinski definition) is 5. The lowest BCUT2D eigenvalue weighted by molar-refractivity contribution is 0.268. The molecule has 1 aliphatic heterocycles. The van der Waals surface area contributed by atoms with Gasteiger partial charge >= 0.3 is 0 Å². The third-order valence-electron chi connectivity index (χ3n) is 4.45. The molecule has 1 aliphatic rings. The number of rotatable bonds is 2. The van der Waals surface area contributed by atoms with Crippen molar-refractivity contribution in [3.63, 3.8) is 0 Å². The molecule has 4 heterocycles. The molecule has 1 N–H and O–H groups in total. The summed E-state index contributed by atoms with van der Waals surface area (Å²) in [7, 11) is 0. The van der Waals surface area contributed by atoms with E-state index in [-0.39, 0.29) is 18.0 Å². The Bertz CT molecular complexity index is 928. The average Bonchev–Trinajstić information content (AvgIpc) is 3.02. The van der Waals surface area contributed by atoms with Gasteiger partial charge < -0.3 is 4.98 Å². The highest BCUT2D eigenvalue weighted by molar-refractivity contribution is 7.18. The summed E-state index contributed by atoms with van der Waals surface area (Å²) < 4.78 is 1.85. The molecule has 0 aromatic carbocycles. The van der Waals surface area contributed by atoms with E-state index in [9.17, 15) is 4.79 Å². The third kappa shape index (κ3) is 2.99. The molecule has 128 valence electrons. The zero-order valence-corrected chi connectivity index (χ0v) is 15.3. The van der Waals surface area contributed by atoms with Crippen molar-refractivity contribution in [2.45, 2.75) is 33.4 Å². The predicted molar refractivity (Wildman–Crippen MR) is 98.2 cm³/mol. The first-order chi connectivity index (χ1) is 11.1. The lowest BCUT2D eigenvalue weighted by Crippen LogP contribution is -2.28. The molecule has 4 rings (SSSR count). The second kappa shape index (κ2) is 6.66. The van der Waals surface area contributed by atoms with Crippen molar-refractivity contribution in [2.75, 3.05) is 13.1 Å². The van der Waals surface area contributed by atoms with Crippen LogP contribution >= 0.6 is 23.7 Å². The van der Waals surface area contributed by atoms with E-state index in [1.54, 1.807) is 17.7 Å². The predicted octanol–water partition coefficient (Wildman–Crippen LogP) is 2.28. The molecule has 0 fully saturated rings. The minimum Gasteiger partial charge on any atom is -0.348 e. The van der Waals surface area contributed by atoms with Crippen molar-refractivity contribution >= 4 is 34.0 Å². The van der Waals surface area contributed by atoms with Crippen LogP contribution in [0.4, 0.5) is 0 Å². The molecule has 0 saturated heterocycles. The molecule has 24 heavy (non-hydrogen) atoms. The monoisotopic (exact) mass is 365 g/mol. The maximum Gasteiger partial charge on any atom is 0.262 e. The first kappa shape index (κ1) is 17.1. The Morgan fingerprint density at radius 1 is 1.29 bits per heavy atom. The van der Waals surface area contributed by atoms with Crippen LogP contribution in [0.2, 0.25) is 0 Å². The zero-order valence-electron chi connectivity index (χ0n) is 13.7. The highest BCUT2D eigenvalue weighted by atomic mass is 35.5. The van der Waals surface area contributed by atoms with Crippen LogP contribution in [0, 0.1) is 13.8 Å². The van der Waals surface area contributed by atoms with Crippen molar-refractivity contribution in [3.05, 3.63) is 44.8 Å². The Kier molecular flexibility index (Phi) is 4.76. The third-order valence-corrected chi connectivity index (χ3v) is 5.40. The van der Waals surface area contributed by atoms with E-state index in [1.807, 2.05) is 24.5 Å². The molecule has 0 saturated carbocycles. The number of nitrogens with zero attached hydrogens (tertiary/aromatic N) is 4. The number of aryl methyl sites for hydroxylation is 2. The summed E-state index contributed by atoms with van der Waals surface area (Å²) in [4.78, 5) is 29.3. The molecule has 0 amide bonds. The number of aromatic nitrogens is 4. The highest BCUT2D eigenvalue weighted by Gasteiger charge is 2.19. The summed E-state index contributed by atoms with van der Waals surface area (Å²) in [6, 6.07) is 1.96. The van der Waals surface area contributed by atoms with Crippen LogP contribution in [0.3, 0.4) is 0 Å². The number of nitrogens with one attached hydrogen (secondary N) is 1. The lowest BCUT2D eigenvalue weighted by Gasteiger charge is -2.18. The molecule has 6 nitrogen and oxygen atoms in total. The van der Waals surface area contributed by atoms with Crippen LogP contribution in [-0.4, -0.2) is 37.5 Å². The van der Waals surface area contributed by atoms with Gasteiger partial charge in [0, 0.05) is 43.2 Å². The molecule has 3 aromatic rings. The van der Waals surface area contributed by atoms with Crippen LogP contribution in [0.5, 0.6) is 0 Å². The molecule has 0 spiro atoms. The van der Waals surface area contributed by atoms with Gasteiger partial charge in [0.2, 0.25) is 0 Å². The van der Waals surface area contributed by atoms with Crippen LogP contribution in [0.25, 0.3) is 10.2 Å².